The average Bonchev–Trinajstić information content (AvgIpc) is 2.06. The van der Waals surface area contributed by atoms with E-state index in [-0.39, 0.29) is 0 Å². The third kappa shape index (κ3) is 3.16. The van der Waals surface area contributed by atoms with Gasteiger partial charge in [0.05, 0.1) is 5.56 Å². The van der Waals surface area contributed by atoms with Gasteiger partial charge in [-0.3, -0.25) is 0 Å². The van der Waals surface area contributed by atoms with E-state index in [2.05, 4.69) is 41.6 Å². The summed E-state index contributed by atoms with van der Waals surface area (Å²) in [7, 11) is -1.58. The quantitative estimate of drug-likeness (QED) is 0.770. The molecule has 1 aromatic rings. The molecule has 0 spiro atoms. The van der Waals surface area contributed by atoms with Gasteiger partial charge in [-0.1, -0.05) is 0 Å². The Morgan fingerprint density at radius 1 is 1.36 bits per heavy atom. The number of rotatable bonds is 2. The second kappa shape index (κ2) is 4.16. The highest BCUT2D eigenvalue weighted by molar-refractivity contribution is 9.10. The third-order valence-electron chi connectivity index (χ3n) is 1.48. The Morgan fingerprint density at radius 3 is 2.50 bits per heavy atom. The van der Waals surface area contributed by atoms with E-state index in [9.17, 15) is 0 Å². The standard InChI is InChI=1S/C10H12BrNOSi/c1-14(2,3)13-9-4-5-10(11)8(6-9)7-12/h4-6H,1-3H3. The van der Waals surface area contributed by atoms with Crippen LogP contribution in [0.3, 0.4) is 0 Å². The largest absolute Gasteiger partial charge is 0.544 e. The molecular weight excluding hydrogens is 258 g/mol. The summed E-state index contributed by atoms with van der Waals surface area (Å²) in [5, 5.41) is 8.82. The Balaban J connectivity index is 2.97. The fourth-order valence-electron chi connectivity index (χ4n) is 1.01. The molecule has 4 heteroatoms. The smallest absolute Gasteiger partial charge is 0.242 e. The van der Waals surface area contributed by atoms with Crippen LogP contribution in [0.2, 0.25) is 19.6 Å². The molecule has 14 heavy (non-hydrogen) atoms. The minimum Gasteiger partial charge on any atom is -0.544 e. The minimum atomic E-state index is -1.58. The number of nitrogens with zero attached hydrogens (tertiary/aromatic N) is 1. The van der Waals surface area contributed by atoms with Crippen LogP contribution in [0.1, 0.15) is 5.56 Å². The lowest BCUT2D eigenvalue weighted by atomic mass is 10.2. The highest BCUT2D eigenvalue weighted by atomic mass is 79.9. The molecule has 0 unspecified atom stereocenters. The van der Waals surface area contributed by atoms with Crippen molar-refractivity contribution >= 4 is 24.2 Å². The molecule has 0 aliphatic carbocycles. The molecule has 0 fully saturated rings. The van der Waals surface area contributed by atoms with Crippen LogP contribution in [-0.4, -0.2) is 8.32 Å². The van der Waals surface area contributed by atoms with Gasteiger partial charge in [0.15, 0.2) is 0 Å². The van der Waals surface area contributed by atoms with Crippen LogP contribution in [0.5, 0.6) is 5.75 Å². The van der Waals surface area contributed by atoms with Gasteiger partial charge in [-0.2, -0.15) is 5.26 Å². The topological polar surface area (TPSA) is 33.0 Å². The number of halogens is 1. The molecule has 0 saturated carbocycles. The highest BCUT2D eigenvalue weighted by Gasteiger charge is 2.16. The van der Waals surface area contributed by atoms with Gasteiger partial charge in [-0.05, 0) is 53.8 Å². The monoisotopic (exact) mass is 269 g/mol. The Hall–Kier alpha value is -0.793. The lowest BCUT2D eigenvalue weighted by molar-refractivity contribution is 0.557. The van der Waals surface area contributed by atoms with Crippen molar-refractivity contribution in [2.75, 3.05) is 0 Å². The first kappa shape index (κ1) is 11.3. The summed E-state index contributed by atoms with van der Waals surface area (Å²) in [6, 6.07) is 7.60. The summed E-state index contributed by atoms with van der Waals surface area (Å²) in [5.41, 5.74) is 0.612. The summed E-state index contributed by atoms with van der Waals surface area (Å²) < 4.78 is 6.57. The van der Waals surface area contributed by atoms with E-state index in [1.807, 2.05) is 12.1 Å². The van der Waals surface area contributed by atoms with E-state index in [1.165, 1.54) is 0 Å². The van der Waals surface area contributed by atoms with Crippen molar-refractivity contribution in [1.29, 1.82) is 5.26 Å². The molecule has 0 amide bonds. The summed E-state index contributed by atoms with van der Waals surface area (Å²) >= 11 is 3.30. The van der Waals surface area contributed by atoms with Crippen molar-refractivity contribution in [2.24, 2.45) is 0 Å². The lowest BCUT2D eigenvalue weighted by Gasteiger charge is -2.19. The van der Waals surface area contributed by atoms with E-state index < -0.39 is 8.32 Å². The fraction of sp³-hybridized carbons (Fsp3) is 0.300. The maximum Gasteiger partial charge on any atom is 0.242 e. The number of benzene rings is 1. The predicted octanol–water partition coefficient (Wildman–Crippen LogP) is 3.53. The van der Waals surface area contributed by atoms with Crippen LogP contribution >= 0.6 is 15.9 Å². The van der Waals surface area contributed by atoms with Crippen LogP contribution in [0.4, 0.5) is 0 Å². The van der Waals surface area contributed by atoms with Gasteiger partial charge in [0.2, 0.25) is 8.32 Å². The van der Waals surface area contributed by atoms with Crippen LogP contribution in [0.15, 0.2) is 22.7 Å². The Kier molecular flexibility index (Phi) is 3.35. The first-order valence-corrected chi connectivity index (χ1v) is 8.51. The zero-order valence-corrected chi connectivity index (χ0v) is 11.1. The van der Waals surface area contributed by atoms with Crippen molar-refractivity contribution in [2.45, 2.75) is 19.6 Å². The van der Waals surface area contributed by atoms with Crippen molar-refractivity contribution in [3.8, 4) is 11.8 Å². The lowest BCUT2D eigenvalue weighted by Crippen LogP contribution is -2.29. The molecule has 0 N–H and O–H groups in total. The summed E-state index contributed by atoms with van der Waals surface area (Å²) in [4.78, 5) is 0. The van der Waals surface area contributed by atoms with Crippen LogP contribution in [-0.2, 0) is 0 Å². The molecule has 0 radical (unpaired) electrons. The number of hydrogen-bond donors (Lipinski definition) is 0. The predicted molar refractivity (Wildman–Crippen MR) is 62.8 cm³/mol. The van der Waals surface area contributed by atoms with Gasteiger partial charge in [0.1, 0.15) is 11.8 Å². The number of nitriles is 1. The molecule has 74 valence electrons. The van der Waals surface area contributed by atoms with Gasteiger partial charge in [0, 0.05) is 4.47 Å². The Labute approximate surface area is 93.8 Å². The molecule has 0 saturated heterocycles. The first-order valence-electron chi connectivity index (χ1n) is 4.31. The second-order valence-electron chi connectivity index (χ2n) is 3.97. The summed E-state index contributed by atoms with van der Waals surface area (Å²) in [5.74, 6) is 0.781. The van der Waals surface area contributed by atoms with Crippen LogP contribution < -0.4 is 4.43 Å². The third-order valence-corrected chi connectivity index (χ3v) is 3.02. The molecule has 0 aromatic heterocycles. The molecule has 0 aliphatic rings. The van der Waals surface area contributed by atoms with Gasteiger partial charge in [-0.25, -0.2) is 0 Å². The normalized spacial score (nSPS) is 10.8. The molecule has 1 rings (SSSR count). The Bertz CT molecular complexity index is 379. The van der Waals surface area contributed by atoms with Gasteiger partial charge < -0.3 is 4.43 Å². The fourth-order valence-corrected chi connectivity index (χ4v) is 2.18. The van der Waals surface area contributed by atoms with E-state index in [4.69, 9.17) is 9.69 Å². The second-order valence-corrected chi connectivity index (χ2v) is 9.25. The maximum absolute atomic E-state index is 8.82. The molecule has 0 bridgehead atoms. The van der Waals surface area contributed by atoms with Crippen molar-refractivity contribution < 1.29 is 4.43 Å². The summed E-state index contributed by atoms with van der Waals surface area (Å²) in [6.07, 6.45) is 0. The first-order chi connectivity index (χ1) is 6.42. The average molecular weight is 270 g/mol. The summed E-state index contributed by atoms with van der Waals surface area (Å²) in [6.45, 7) is 6.34. The van der Waals surface area contributed by atoms with Crippen molar-refractivity contribution in [1.82, 2.24) is 0 Å². The van der Waals surface area contributed by atoms with Gasteiger partial charge in [0.25, 0.3) is 0 Å². The highest BCUT2D eigenvalue weighted by Crippen LogP contribution is 2.23. The van der Waals surface area contributed by atoms with Gasteiger partial charge >= 0.3 is 0 Å². The van der Waals surface area contributed by atoms with Crippen molar-refractivity contribution in [3.63, 3.8) is 0 Å². The molecular formula is C10H12BrNOSi. The maximum atomic E-state index is 8.82. The molecule has 1 aromatic carbocycles. The molecule has 0 aliphatic heterocycles. The van der Waals surface area contributed by atoms with E-state index in [1.54, 1.807) is 6.07 Å². The Morgan fingerprint density at radius 2 is 2.00 bits per heavy atom. The molecule has 2 nitrogen and oxygen atoms in total. The van der Waals surface area contributed by atoms with Crippen LogP contribution in [0.25, 0.3) is 0 Å². The zero-order valence-electron chi connectivity index (χ0n) is 8.47. The van der Waals surface area contributed by atoms with Crippen LogP contribution in [0, 0.1) is 11.3 Å². The van der Waals surface area contributed by atoms with Crippen molar-refractivity contribution in [3.05, 3.63) is 28.2 Å². The van der Waals surface area contributed by atoms with E-state index in [0.717, 1.165) is 10.2 Å². The van der Waals surface area contributed by atoms with E-state index in [0.29, 0.717) is 5.56 Å². The molecule has 0 heterocycles. The number of hydrogen-bond acceptors (Lipinski definition) is 2. The van der Waals surface area contributed by atoms with Gasteiger partial charge in [-0.15, -0.1) is 0 Å². The zero-order chi connectivity index (χ0) is 10.8. The SMILES string of the molecule is C[Si](C)(C)Oc1ccc(Br)c(C#N)c1. The van der Waals surface area contributed by atoms with E-state index >= 15 is 0 Å². The minimum absolute atomic E-state index is 0.612. The molecule has 0 atom stereocenters.